The lowest BCUT2D eigenvalue weighted by Gasteiger charge is -1.95. The summed E-state index contributed by atoms with van der Waals surface area (Å²) in [4.78, 5) is 3.88. The molecule has 0 radical (unpaired) electrons. The van der Waals surface area contributed by atoms with Crippen molar-refractivity contribution in [3.05, 3.63) is 17.6 Å². The zero-order chi connectivity index (χ0) is 11.5. The Hall–Kier alpha value is -1.92. The van der Waals surface area contributed by atoms with Crippen molar-refractivity contribution in [2.24, 2.45) is 0 Å². The predicted molar refractivity (Wildman–Crippen MR) is 51.8 cm³/mol. The summed E-state index contributed by atoms with van der Waals surface area (Å²) in [5.41, 5.74) is 0. The second-order valence-corrected chi connectivity index (χ2v) is 3.58. The third kappa shape index (κ3) is 2.36. The first-order valence-electron chi connectivity index (χ1n) is 4.90. The summed E-state index contributed by atoms with van der Waals surface area (Å²) in [6, 6.07) is 0. The lowest BCUT2D eigenvalue weighted by molar-refractivity contribution is 0.174. The van der Waals surface area contributed by atoms with Crippen molar-refractivity contribution in [1.82, 2.24) is 20.3 Å². The molecule has 0 aromatic carbocycles. The van der Waals surface area contributed by atoms with E-state index >= 15 is 0 Å². The van der Waals surface area contributed by atoms with Gasteiger partial charge in [-0.15, -0.1) is 10.2 Å². The Morgan fingerprint density at radius 3 is 2.69 bits per heavy atom. The van der Waals surface area contributed by atoms with E-state index in [1.165, 1.54) is 0 Å². The molecule has 7 nitrogen and oxygen atoms in total. The van der Waals surface area contributed by atoms with Crippen LogP contribution in [0.4, 0.5) is 0 Å². The lowest BCUT2D eigenvalue weighted by Crippen LogP contribution is -1.95. The summed E-state index contributed by atoms with van der Waals surface area (Å²) in [7, 11) is 0. The van der Waals surface area contributed by atoms with E-state index in [-0.39, 0.29) is 18.6 Å². The highest BCUT2D eigenvalue weighted by Crippen LogP contribution is 2.13. The summed E-state index contributed by atoms with van der Waals surface area (Å²) in [6.07, 6.45) is 0.0989. The second-order valence-electron chi connectivity index (χ2n) is 3.58. The molecule has 0 aliphatic heterocycles. The fourth-order valence-electron chi connectivity index (χ4n) is 1.02. The number of aromatic nitrogens is 4. The fourth-order valence-corrected chi connectivity index (χ4v) is 1.02. The lowest BCUT2D eigenvalue weighted by atomic mass is 10.2. The third-order valence-corrected chi connectivity index (χ3v) is 1.80. The molecule has 0 atom stereocenters. The van der Waals surface area contributed by atoms with Crippen LogP contribution in [0.25, 0.3) is 0 Å². The largest absolute Gasteiger partial charge is 0.439 e. The molecule has 0 N–H and O–H groups in total. The van der Waals surface area contributed by atoms with E-state index in [0.29, 0.717) is 17.6 Å². The normalized spacial score (nSPS) is 11.0. The van der Waals surface area contributed by atoms with Crippen LogP contribution < -0.4 is 4.74 Å². The standard InChI is InChI=1S/C9H12N4O3/c1-5(2)8-12-11-7(15-8)4-14-9-10-6(3)13-16-9/h5H,4H2,1-3H3. The minimum atomic E-state index is 0.0989. The predicted octanol–water partition coefficient (Wildman–Crippen LogP) is 1.46. The van der Waals surface area contributed by atoms with E-state index in [1.54, 1.807) is 6.92 Å². The first-order chi connectivity index (χ1) is 7.65. The van der Waals surface area contributed by atoms with Crippen molar-refractivity contribution in [2.45, 2.75) is 33.3 Å². The van der Waals surface area contributed by atoms with E-state index in [0.717, 1.165) is 0 Å². The molecule has 2 aromatic rings. The summed E-state index contributed by atoms with van der Waals surface area (Å²) in [6.45, 7) is 5.78. The van der Waals surface area contributed by atoms with E-state index in [1.807, 2.05) is 13.8 Å². The Bertz CT molecular complexity index is 463. The zero-order valence-electron chi connectivity index (χ0n) is 9.30. The maximum absolute atomic E-state index is 5.34. The maximum atomic E-state index is 5.34. The number of ether oxygens (including phenoxy) is 1. The third-order valence-electron chi connectivity index (χ3n) is 1.80. The van der Waals surface area contributed by atoms with Gasteiger partial charge in [-0.05, 0) is 6.92 Å². The van der Waals surface area contributed by atoms with Gasteiger partial charge in [0.1, 0.15) is 0 Å². The quantitative estimate of drug-likeness (QED) is 0.776. The van der Waals surface area contributed by atoms with Crippen molar-refractivity contribution in [3.63, 3.8) is 0 Å². The molecule has 0 unspecified atom stereocenters. The van der Waals surface area contributed by atoms with E-state index in [4.69, 9.17) is 13.7 Å². The Balaban J connectivity index is 1.94. The van der Waals surface area contributed by atoms with E-state index in [2.05, 4.69) is 20.3 Å². The topological polar surface area (TPSA) is 87.1 Å². The average Bonchev–Trinajstić information content (AvgIpc) is 2.83. The molecule has 0 amide bonds. The molecular weight excluding hydrogens is 212 g/mol. The highest BCUT2D eigenvalue weighted by molar-refractivity contribution is 4.90. The molecule has 0 aliphatic rings. The van der Waals surface area contributed by atoms with Crippen molar-refractivity contribution in [1.29, 1.82) is 0 Å². The Morgan fingerprint density at radius 2 is 2.12 bits per heavy atom. The van der Waals surface area contributed by atoms with Crippen LogP contribution in [0.5, 0.6) is 6.08 Å². The smallest absolute Gasteiger partial charge is 0.417 e. The van der Waals surface area contributed by atoms with Gasteiger partial charge in [0.25, 0.3) is 5.89 Å². The number of hydrogen-bond acceptors (Lipinski definition) is 7. The van der Waals surface area contributed by atoms with Crippen LogP contribution in [-0.2, 0) is 6.61 Å². The van der Waals surface area contributed by atoms with Crippen LogP contribution in [0, 0.1) is 6.92 Å². The average molecular weight is 224 g/mol. The number of rotatable bonds is 4. The number of aryl methyl sites for hydroxylation is 1. The van der Waals surface area contributed by atoms with Gasteiger partial charge in [0.15, 0.2) is 12.4 Å². The molecule has 0 saturated heterocycles. The van der Waals surface area contributed by atoms with Crippen LogP contribution >= 0.6 is 0 Å². The van der Waals surface area contributed by atoms with Crippen LogP contribution in [0.15, 0.2) is 8.94 Å². The Labute approximate surface area is 91.8 Å². The molecule has 2 aromatic heterocycles. The summed E-state index contributed by atoms with van der Waals surface area (Å²) in [5.74, 6) is 1.69. The van der Waals surface area contributed by atoms with Gasteiger partial charge in [-0.2, -0.15) is 4.98 Å². The summed E-state index contributed by atoms with van der Waals surface area (Å²) in [5, 5.41) is 11.3. The Morgan fingerprint density at radius 1 is 1.31 bits per heavy atom. The van der Waals surface area contributed by atoms with Gasteiger partial charge in [0.05, 0.1) is 0 Å². The molecule has 0 saturated carbocycles. The van der Waals surface area contributed by atoms with Gasteiger partial charge in [0.2, 0.25) is 5.89 Å². The minimum absolute atomic E-state index is 0.0989. The van der Waals surface area contributed by atoms with Crippen molar-refractivity contribution in [2.75, 3.05) is 0 Å². The molecule has 7 heteroatoms. The van der Waals surface area contributed by atoms with Gasteiger partial charge in [0, 0.05) is 5.92 Å². The molecular formula is C9H12N4O3. The van der Waals surface area contributed by atoms with Gasteiger partial charge < -0.3 is 9.15 Å². The van der Waals surface area contributed by atoms with Crippen molar-refractivity contribution >= 4 is 0 Å². The van der Waals surface area contributed by atoms with Gasteiger partial charge in [-0.3, -0.25) is 4.52 Å². The van der Waals surface area contributed by atoms with Gasteiger partial charge in [-0.25, -0.2) is 0 Å². The van der Waals surface area contributed by atoms with E-state index in [9.17, 15) is 0 Å². The fraction of sp³-hybridized carbons (Fsp3) is 0.556. The van der Waals surface area contributed by atoms with Gasteiger partial charge in [-0.1, -0.05) is 19.0 Å². The molecule has 0 spiro atoms. The molecule has 0 aliphatic carbocycles. The zero-order valence-corrected chi connectivity index (χ0v) is 9.30. The molecule has 2 heterocycles. The monoisotopic (exact) mass is 224 g/mol. The van der Waals surface area contributed by atoms with Crippen molar-refractivity contribution < 1.29 is 13.7 Å². The maximum Gasteiger partial charge on any atom is 0.417 e. The second kappa shape index (κ2) is 4.30. The first kappa shape index (κ1) is 10.6. The number of hydrogen-bond donors (Lipinski definition) is 0. The van der Waals surface area contributed by atoms with Gasteiger partial charge >= 0.3 is 6.08 Å². The minimum Gasteiger partial charge on any atom is -0.439 e. The number of nitrogens with zero attached hydrogens (tertiary/aromatic N) is 4. The first-order valence-corrected chi connectivity index (χ1v) is 4.90. The van der Waals surface area contributed by atoms with Crippen LogP contribution in [0.2, 0.25) is 0 Å². The summed E-state index contributed by atoms with van der Waals surface area (Å²) < 4.78 is 15.3. The van der Waals surface area contributed by atoms with E-state index < -0.39 is 0 Å². The highest BCUT2D eigenvalue weighted by Gasteiger charge is 2.11. The SMILES string of the molecule is Cc1noc(OCc2nnc(C(C)C)o2)n1. The van der Waals surface area contributed by atoms with Crippen LogP contribution in [0.1, 0.15) is 37.4 Å². The summed E-state index contributed by atoms with van der Waals surface area (Å²) >= 11 is 0. The highest BCUT2D eigenvalue weighted by atomic mass is 16.6. The van der Waals surface area contributed by atoms with Crippen LogP contribution in [-0.4, -0.2) is 20.3 Å². The molecule has 86 valence electrons. The molecule has 16 heavy (non-hydrogen) atoms. The molecule has 0 bridgehead atoms. The molecule has 2 rings (SSSR count). The van der Waals surface area contributed by atoms with Crippen LogP contribution in [0.3, 0.4) is 0 Å². The van der Waals surface area contributed by atoms with Crippen molar-refractivity contribution in [3.8, 4) is 6.08 Å². The Kier molecular flexibility index (Phi) is 2.84. The molecule has 0 fully saturated rings.